The van der Waals surface area contributed by atoms with Gasteiger partial charge in [-0.15, -0.1) is 0 Å². The molecule has 0 aromatic carbocycles. The maximum absolute atomic E-state index is 12.4. The standard InChI is InChI=1S/C14H24N4O/c1-15-13(11-9-16-18(2)10-11)14(19)17-12-7-5-3-4-6-8-12/h9-10,12-13,15H,3-8H2,1-2H3,(H,17,19). The van der Waals surface area contributed by atoms with Crippen LogP contribution in [0.1, 0.15) is 50.1 Å². The molecule has 1 aromatic heterocycles. The van der Waals surface area contributed by atoms with Gasteiger partial charge >= 0.3 is 0 Å². The molecular weight excluding hydrogens is 240 g/mol. The number of nitrogens with zero attached hydrogens (tertiary/aromatic N) is 2. The second-order valence-corrected chi connectivity index (χ2v) is 5.37. The summed E-state index contributed by atoms with van der Waals surface area (Å²) in [7, 11) is 3.67. The van der Waals surface area contributed by atoms with Crippen LogP contribution < -0.4 is 10.6 Å². The van der Waals surface area contributed by atoms with Crippen molar-refractivity contribution in [3.05, 3.63) is 18.0 Å². The molecule has 0 radical (unpaired) electrons. The number of amides is 1. The third kappa shape index (κ3) is 3.80. The van der Waals surface area contributed by atoms with Gasteiger partial charge in [-0.25, -0.2) is 0 Å². The number of aromatic nitrogens is 2. The fourth-order valence-electron chi connectivity index (χ4n) is 2.75. The first-order valence-corrected chi connectivity index (χ1v) is 7.17. The number of carbonyl (C=O) groups is 1. The first-order valence-electron chi connectivity index (χ1n) is 7.17. The Labute approximate surface area is 114 Å². The van der Waals surface area contributed by atoms with Crippen LogP contribution in [0.3, 0.4) is 0 Å². The van der Waals surface area contributed by atoms with E-state index < -0.39 is 0 Å². The average molecular weight is 264 g/mol. The molecule has 1 saturated carbocycles. The van der Waals surface area contributed by atoms with Gasteiger partial charge < -0.3 is 10.6 Å². The molecule has 1 heterocycles. The van der Waals surface area contributed by atoms with E-state index in [1.807, 2.05) is 20.3 Å². The number of likely N-dealkylation sites (N-methyl/N-ethyl adjacent to an activating group) is 1. The Morgan fingerprint density at radius 2 is 2.05 bits per heavy atom. The van der Waals surface area contributed by atoms with Crippen LogP contribution in [-0.2, 0) is 11.8 Å². The molecule has 5 heteroatoms. The van der Waals surface area contributed by atoms with Crippen molar-refractivity contribution < 1.29 is 4.79 Å². The molecule has 1 amide bonds. The lowest BCUT2D eigenvalue weighted by atomic mass is 10.1. The Morgan fingerprint density at radius 3 is 2.58 bits per heavy atom. The Kier molecular flexibility index (Phi) is 4.96. The minimum Gasteiger partial charge on any atom is -0.352 e. The summed E-state index contributed by atoms with van der Waals surface area (Å²) in [6, 6.07) is 0.0273. The fraction of sp³-hybridized carbons (Fsp3) is 0.714. The molecule has 0 aliphatic heterocycles. The molecule has 2 rings (SSSR count). The highest BCUT2D eigenvalue weighted by atomic mass is 16.2. The summed E-state index contributed by atoms with van der Waals surface area (Å²) >= 11 is 0. The molecule has 1 fully saturated rings. The van der Waals surface area contributed by atoms with E-state index in [-0.39, 0.29) is 11.9 Å². The molecule has 5 nitrogen and oxygen atoms in total. The zero-order valence-corrected chi connectivity index (χ0v) is 11.9. The molecule has 1 aromatic rings. The third-order valence-corrected chi connectivity index (χ3v) is 3.81. The van der Waals surface area contributed by atoms with E-state index in [9.17, 15) is 4.79 Å². The summed E-state index contributed by atoms with van der Waals surface area (Å²) in [4.78, 5) is 12.4. The molecule has 19 heavy (non-hydrogen) atoms. The summed E-state index contributed by atoms with van der Waals surface area (Å²) in [6.07, 6.45) is 10.9. The Hall–Kier alpha value is -1.36. The van der Waals surface area contributed by atoms with Gasteiger partial charge in [-0.2, -0.15) is 5.10 Å². The Bertz CT molecular complexity index is 407. The van der Waals surface area contributed by atoms with Crippen molar-refractivity contribution in [1.82, 2.24) is 20.4 Å². The van der Waals surface area contributed by atoms with E-state index in [2.05, 4.69) is 15.7 Å². The van der Waals surface area contributed by atoms with Gasteiger partial charge in [-0.05, 0) is 19.9 Å². The summed E-state index contributed by atoms with van der Waals surface area (Å²) in [5, 5.41) is 10.4. The summed E-state index contributed by atoms with van der Waals surface area (Å²) in [5.41, 5.74) is 0.913. The Balaban J connectivity index is 1.96. The van der Waals surface area contributed by atoms with Gasteiger partial charge in [0, 0.05) is 24.8 Å². The molecule has 1 unspecified atom stereocenters. The molecule has 106 valence electrons. The molecule has 2 N–H and O–H groups in total. The van der Waals surface area contributed by atoms with Gasteiger partial charge in [0.15, 0.2) is 0 Å². The van der Waals surface area contributed by atoms with Gasteiger partial charge in [-0.1, -0.05) is 25.7 Å². The predicted molar refractivity (Wildman–Crippen MR) is 74.6 cm³/mol. The molecular formula is C14H24N4O. The van der Waals surface area contributed by atoms with E-state index in [0.29, 0.717) is 6.04 Å². The van der Waals surface area contributed by atoms with E-state index in [1.54, 1.807) is 10.9 Å². The maximum Gasteiger partial charge on any atom is 0.242 e. The lowest BCUT2D eigenvalue weighted by Gasteiger charge is -2.20. The third-order valence-electron chi connectivity index (χ3n) is 3.81. The van der Waals surface area contributed by atoms with Gasteiger partial charge in [0.2, 0.25) is 5.91 Å². The van der Waals surface area contributed by atoms with Gasteiger partial charge in [-0.3, -0.25) is 9.48 Å². The highest BCUT2D eigenvalue weighted by Gasteiger charge is 2.23. The predicted octanol–water partition coefficient (Wildman–Crippen LogP) is 1.52. The minimum atomic E-state index is -0.308. The molecule has 1 aliphatic rings. The normalized spacial score (nSPS) is 18.8. The molecule has 0 bridgehead atoms. The number of rotatable bonds is 4. The molecule has 1 aliphatic carbocycles. The van der Waals surface area contributed by atoms with Crippen molar-refractivity contribution >= 4 is 5.91 Å². The van der Waals surface area contributed by atoms with Crippen LogP contribution in [0.25, 0.3) is 0 Å². The minimum absolute atomic E-state index is 0.0578. The van der Waals surface area contributed by atoms with Gasteiger partial charge in [0.05, 0.1) is 6.20 Å². The topological polar surface area (TPSA) is 59.0 Å². The monoisotopic (exact) mass is 264 g/mol. The van der Waals surface area contributed by atoms with Crippen molar-refractivity contribution in [3.8, 4) is 0 Å². The second-order valence-electron chi connectivity index (χ2n) is 5.37. The number of hydrogen-bond donors (Lipinski definition) is 2. The highest BCUT2D eigenvalue weighted by Crippen LogP contribution is 2.18. The fourth-order valence-corrected chi connectivity index (χ4v) is 2.75. The van der Waals surface area contributed by atoms with Crippen LogP contribution in [0.2, 0.25) is 0 Å². The van der Waals surface area contributed by atoms with Crippen LogP contribution in [0, 0.1) is 0 Å². The molecule has 0 saturated heterocycles. The van der Waals surface area contributed by atoms with Crippen LogP contribution in [-0.4, -0.2) is 28.8 Å². The number of carbonyl (C=O) groups excluding carboxylic acids is 1. The maximum atomic E-state index is 12.4. The van der Waals surface area contributed by atoms with E-state index in [4.69, 9.17) is 0 Å². The Morgan fingerprint density at radius 1 is 1.37 bits per heavy atom. The second kappa shape index (κ2) is 6.70. The number of nitrogens with one attached hydrogen (secondary N) is 2. The zero-order valence-electron chi connectivity index (χ0n) is 11.9. The van der Waals surface area contributed by atoms with Gasteiger partial charge in [0.25, 0.3) is 0 Å². The first kappa shape index (κ1) is 14.1. The van der Waals surface area contributed by atoms with Crippen molar-refractivity contribution in [2.75, 3.05) is 7.05 Å². The summed E-state index contributed by atoms with van der Waals surface area (Å²) < 4.78 is 1.72. The quantitative estimate of drug-likeness (QED) is 0.811. The van der Waals surface area contributed by atoms with Crippen LogP contribution >= 0.6 is 0 Å². The highest BCUT2D eigenvalue weighted by molar-refractivity contribution is 5.83. The van der Waals surface area contributed by atoms with Crippen molar-refractivity contribution in [2.24, 2.45) is 7.05 Å². The number of hydrogen-bond acceptors (Lipinski definition) is 3. The lowest BCUT2D eigenvalue weighted by Crippen LogP contribution is -2.41. The van der Waals surface area contributed by atoms with Crippen molar-refractivity contribution in [3.63, 3.8) is 0 Å². The molecule has 0 spiro atoms. The number of aryl methyl sites for hydroxylation is 1. The van der Waals surface area contributed by atoms with Crippen LogP contribution in [0.4, 0.5) is 0 Å². The van der Waals surface area contributed by atoms with E-state index in [0.717, 1.165) is 18.4 Å². The van der Waals surface area contributed by atoms with Crippen LogP contribution in [0.5, 0.6) is 0 Å². The lowest BCUT2D eigenvalue weighted by molar-refractivity contribution is -0.124. The largest absolute Gasteiger partial charge is 0.352 e. The zero-order chi connectivity index (χ0) is 13.7. The SMILES string of the molecule is CNC(C(=O)NC1CCCCCC1)c1cnn(C)c1. The van der Waals surface area contributed by atoms with Crippen molar-refractivity contribution in [2.45, 2.75) is 50.6 Å². The smallest absolute Gasteiger partial charge is 0.242 e. The van der Waals surface area contributed by atoms with E-state index >= 15 is 0 Å². The average Bonchev–Trinajstić information content (AvgIpc) is 2.65. The van der Waals surface area contributed by atoms with Crippen molar-refractivity contribution in [1.29, 1.82) is 0 Å². The first-order chi connectivity index (χ1) is 9.20. The van der Waals surface area contributed by atoms with Crippen LogP contribution in [0.15, 0.2) is 12.4 Å². The molecule has 1 atom stereocenters. The van der Waals surface area contributed by atoms with Gasteiger partial charge in [0.1, 0.15) is 6.04 Å². The van der Waals surface area contributed by atoms with E-state index in [1.165, 1.54) is 25.7 Å². The summed E-state index contributed by atoms with van der Waals surface area (Å²) in [6.45, 7) is 0. The summed E-state index contributed by atoms with van der Waals surface area (Å²) in [5.74, 6) is 0.0578.